The maximum Gasteiger partial charge on any atom is 0.278 e. The van der Waals surface area contributed by atoms with E-state index in [0.29, 0.717) is 40.5 Å². The molecule has 0 bridgehead atoms. The SMILES string of the molecule is C=C1CCC(N2C(=O)C=C(Nc3cccc(C(=O)Nc4ccc(C)c(Cl)c4)c3)C2=O)C(=O)N1. The minimum Gasteiger partial charge on any atom is -0.351 e. The van der Waals surface area contributed by atoms with E-state index in [2.05, 4.69) is 22.5 Å². The normalized spacial score (nSPS) is 18.2. The zero-order chi connectivity index (χ0) is 23.7. The van der Waals surface area contributed by atoms with Crippen LogP contribution in [0.1, 0.15) is 28.8 Å². The van der Waals surface area contributed by atoms with E-state index in [1.54, 1.807) is 42.5 Å². The molecule has 2 heterocycles. The Labute approximate surface area is 195 Å². The van der Waals surface area contributed by atoms with Gasteiger partial charge in [0.2, 0.25) is 5.91 Å². The van der Waals surface area contributed by atoms with Gasteiger partial charge in [-0.15, -0.1) is 0 Å². The van der Waals surface area contributed by atoms with Crippen LogP contribution in [0, 0.1) is 6.92 Å². The van der Waals surface area contributed by atoms with Crippen LogP contribution in [-0.4, -0.2) is 34.6 Å². The molecule has 1 unspecified atom stereocenters. The lowest BCUT2D eigenvalue weighted by Crippen LogP contribution is -2.52. The van der Waals surface area contributed by atoms with Crippen LogP contribution in [-0.2, 0) is 14.4 Å². The van der Waals surface area contributed by atoms with Gasteiger partial charge in [0.05, 0.1) is 0 Å². The summed E-state index contributed by atoms with van der Waals surface area (Å²) in [5.41, 5.74) is 2.83. The van der Waals surface area contributed by atoms with Crippen molar-refractivity contribution in [2.45, 2.75) is 25.8 Å². The van der Waals surface area contributed by atoms with Gasteiger partial charge in [0.1, 0.15) is 11.7 Å². The van der Waals surface area contributed by atoms with E-state index >= 15 is 0 Å². The number of benzene rings is 2. The molecule has 9 heteroatoms. The van der Waals surface area contributed by atoms with Crippen molar-refractivity contribution in [1.82, 2.24) is 10.2 Å². The van der Waals surface area contributed by atoms with Crippen LogP contribution in [0.3, 0.4) is 0 Å². The fourth-order valence-electron chi connectivity index (χ4n) is 3.65. The van der Waals surface area contributed by atoms with Gasteiger partial charge >= 0.3 is 0 Å². The molecular formula is C24H21ClN4O4. The summed E-state index contributed by atoms with van der Waals surface area (Å²) >= 11 is 6.11. The Hall–Kier alpha value is -3.91. The largest absolute Gasteiger partial charge is 0.351 e. The average Bonchev–Trinajstić information content (AvgIpc) is 3.04. The first-order valence-electron chi connectivity index (χ1n) is 10.3. The maximum absolute atomic E-state index is 12.8. The monoisotopic (exact) mass is 464 g/mol. The molecule has 2 aliphatic rings. The zero-order valence-electron chi connectivity index (χ0n) is 17.8. The molecule has 0 radical (unpaired) electrons. The highest BCUT2D eigenvalue weighted by Crippen LogP contribution is 2.25. The molecule has 1 saturated heterocycles. The Bertz CT molecular complexity index is 1240. The van der Waals surface area contributed by atoms with Gasteiger partial charge in [-0.2, -0.15) is 0 Å². The van der Waals surface area contributed by atoms with E-state index in [0.717, 1.165) is 16.5 Å². The number of nitrogens with one attached hydrogen (secondary N) is 3. The smallest absolute Gasteiger partial charge is 0.278 e. The van der Waals surface area contributed by atoms with Crippen molar-refractivity contribution in [3.05, 3.63) is 82.7 Å². The zero-order valence-corrected chi connectivity index (χ0v) is 18.5. The Morgan fingerprint density at radius 2 is 1.94 bits per heavy atom. The third kappa shape index (κ3) is 4.65. The highest BCUT2D eigenvalue weighted by Gasteiger charge is 2.41. The molecule has 33 heavy (non-hydrogen) atoms. The summed E-state index contributed by atoms with van der Waals surface area (Å²) in [6.07, 6.45) is 1.96. The van der Waals surface area contributed by atoms with Crippen molar-refractivity contribution in [2.24, 2.45) is 0 Å². The second kappa shape index (κ2) is 8.91. The van der Waals surface area contributed by atoms with Gasteiger partial charge in [-0.1, -0.05) is 30.3 Å². The third-order valence-corrected chi connectivity index (χ3v) is 5.83. The van der Waals surface area contributed by atoms with Gasteiger partial charge in [0.15, 0.2) is 0 Å². The molecule has 1 atom stereocenters. The first-order chi connectivity index (χ1) is 15.7. The van der Waals surface area contributed by atoms with E-state index in [4.69, 9.17) is 11.6 Å². The first-order valence-corrected chi connectivity index (χ1v) is 10.6. The van der Waals surface area contributed by atoms with Gasteiger partial charge in [0.25, 0.3) is 17.7 Å². The molecule has 0 saturated carbocycles. The fraction of sp³-hybridized carbons (Fsp3) is 0.167. The molecule has 4 amide bonds. The van der Waals surface area contributed by atoms with Crippen molar-refractivity contribution >= 4 is 46.6 Å². The molecule has 2 aromatic rings. The van der Waals surface area contributed by atoms with Crippen molar-refractivity contribution < 1.29 is 19.2 Å². The van der Waals surface area contributed by atoms with Crippen LogP contribution in [0.15, 0.2) is 66.5 Å². The van der Waals surface area contributed by atoms with E-state index in [9.17, 15) is 19.2 Å². The van der Waals surface area contributed by atoms with Gasteiger partial charge in [-0.25, -0.2) is 0 Å². The molecule has 3 N–H and O–H groups in total. The average molecular weight is 465 g/mol. The molecule has 8 nitrogen and oxygen atoms in total. The third-order valence-electron chi connectivity index (χ3n) is 5.42. The van der Waals surface area contributed by atoms with Crippen LogP contribution in [0.25, 0.3) is 0 Å². The number of halogens is 1. The minimum absolute atomic E-state index is 0.0278. The Balaban J connectivity index is 1.46. The molecule has 2 aliphatic heterocycles. The molecule has 4 rings (SSSR count). The number of piperidine rings is 1. The molecule has 1 fully saturated rings. The topological polar surface area (TPSA) is 108 Å². The number of carbonyl (C=O) groups excluding carboxylic acids is 4. The number of rotatable bonds is 5. The first kappa shape index (κ1) is 22.3. The predicted octanol–water partition coefficient (Wildman–Crippen LogP) is 3.36. The Kier molecular flexibility index (Phi) is 6.02. The summed E-state index contributed by atoms with van der Waals surface area (Å²) in [6.45, 7) is 5.57. The number of nitrogens with zero attached hydrogens (tertiary/aromatic N) is 1. The van der Waals surface area contributed by atoms with E-state index < -0.39 is 23.8 Å². The molecule has 168 valence electrons. The van der Waals surface area contributed by atoms with Gasteiger partial charge < -0.3 is 16.0 Å². The highest BCUT2D eigenvalue weighted by atomic mass is 35.5. The van der Waals surface area contributed by atoms with Crippen LogP contribution >= 0.6 is 11.6 Å². The summed E-state index contributed by atoms with van der Waals surface area (Å²) in [7, 11) is 0. The second-order valence-corrected chi connectivity index (χ2v) is 8.25. The van der Waals surface area contributed by atoms with Crippen molar-refractivity contribution in [3.63, 3.8) is 0 Å². The molecule has 0 aromatic heterocycles. The number of aryl methyl sites for hydroxylation is 1. The quantitative estimate of drug-likeness (QED) is 0.588. The van der Waals surface area contributed by atoms with Gasteiger partial charge in [-0.3, -0.25) is 24.1 Å². The number of carbonyl (C=O) groups is 4. The standard InChI is InChI=1S/C24H21ClN4O4/c1-13-6-8-17(11-18(13)25)28-22(31)15-4-3-5-16(10-15)27-19-12-21(30)29(24(19)33)20-9-7-14(2)26-23(20)32/h3-6,8,10-12,20,27H,2,7,9H2,1H3,(H,26,32)(H,28,31). The number of hydrogen-bond donors (Lipinski definition) is 3. The van der Waals surface area contributed by atoms with Gasteiger partial charge in [0, 0.05) is 33.7 Å². The maximum atomic E-state index is 12.8. The molecular weight excluding hydrogens is 444 g/mol. The van der Waals surface area contributed by atoms with Gasteiger partial charge in [-0.05, 0) is 55.7 Å². The molecule has 0 aliphatic carbocycles. The Morgan fingerprint density at radius 1 is 1.15 bits per heavy atom. The summed E-state index contributed by atoms with van der Waals surface area (Å²) in [5.74, 6) is -1.96. The number of imide groups is 1. The summed E-state index contributed by atoms with van der Waals surface area (Å²) in [5, 5.41) is 8.79. The van der Waals surface area contributed by atoms with Crippen molar-refractivity contribution in [1.29, 1.82) is 0 Å². The minimum atomic E-state index is -0.885. The summed E-state index contributed by atoms with van der Waals surface area (Å²) in [6, 6.07) is 10.8. The Morgan fingerprint density at radius 3 is 2.67 bits per heavy atom. The molecule has 2 aromatic carbocycles. The lowest BCUT2D eigenvalue weighted by atomic mass is 10.0. The lowest BCUT2D eigenvalue weighted by molar-refractivity contribution is -0.146. The lowest BCUT2D eigenvalue weighted by Gasteiger charge is -2.29. The van der Waals surface area contributed by atoms with Crippen molar-refractivity contribution in [2.75, 3.05) is 10.6 Å². The number of allylic oxidation sites excluding steroid dienone is 1. The number of hydrogen-bond acceptors (Lipinski definition) is 5. The summed E-state index contributed by atoms with van der Waals surface area (Å²) < 4.78 is 0. The van der Waals surface area contributed by atoms with Crippen LogP contribution in [0.5, 0.6) is 0 Å². The van der Waals surface area contributed by atoms with Crippen LogP contribution in [0.2, 0.25) is 5.02 Å². The van der Waals surface area contributed by atoms with E-state index in [1.165, 1.54) is 0 Å². The highest BCUT2D eigenvalue weighted by molar-refractivity contribution is 6.31. The van der Waals surface area contributed by atoms with E-state index in [1.807, 2.05) is 6.92 Å². The predicted molar refractivity (Wildman–Crippen MR) is 124 cm³/mol. The summed E-state index contributed by atoms with van der Waals surface area (Å²) in [4.78, 5) is 51.1. The van der Waals surface area contributed by atoms with Crippen molar-refractivity contribution in [3.8, 4) is 0 Å². The fourth-order valence-corrected chi connectivity index (χ4v) is 3.83. The molecule has 0 spiro atoms. The van der Waals surface area contributed by atoms with Crippen LogP contribution in [0.4, 0.5) is 11.4 Å². The second-order valence-electron chi connectivity index (χ2n) is 7.84. The number of amides is 4. The number of anilines is 2. The van der Waals surface area contributed by atoms with Crippen LogP contribution < -0.4 is 16.0 Å². The van der Waals surface area contributed by atoms with E-state index in [-0.39, 0.29) is 11.6 Å².